The highest BCUT2D eigenvalue weighted by Gasteiger charge is 2.30. The van der Waals surface area contributed by atoms with Crippen molar-refractivity contribution in [1.29, 1.82) is 0 Å². The standard InChI is InChI=1S/C13H15BrN4O2S/c1-9(2)21(19,20)17-7-10-3-4-11(14)5-13(10)18-12(8-17)6-15-16-18/h3-6,9H,7-8H2,1-2H3. The Bertz CT molecular complexity index is 785. The maximum atomic E-state index is 12.5. The molecule has 112 valence electrons. The molecule has 1 aromatic heterocycles. The summed E-state index contributed by atoms with van der Waals surface area (Å²) in [4.78, 5) is 0. The lowest BCUT2D eigenvalue weighted by atomic mass is 10.2. The molecule has 0 amide bonds. The van der Waals surface area contributed by atoms with E-state index in [9.17, 15) is 8.42 Å². The minimum absolute atomic E-state index is 0.278. The van der Waals surface area contributed by atoms with Crippen molar-refractivity contribution in [3.8, 4) is 5.69 Å². The van der Waals surface area contributed by atoms with E-state index in [0.717, 1.165) is 21.4 Å². The van der Waals surface area contributed by atoms with E-state index in [1.54, 1.807) is 24.7 Å². The fraction of sp³-hybridized carbons (Fsp3) is 0.385. The molecule has 0 unspecified atom stereocenters. The normalized spacial score (nSPS) is 15.6. The fourth-order valence-electron chi connectivity index (χ4n) is 2.34. The van der Waals surface area contributed by atoms with Gasteiger partial charge in [-0.2, -0.15) is 4.31 Å². The summed E-state index contributed by atoms with van der Waals surface area (Å²) in [6, 6.07) is 5.75. The lowest BCUT2D eigenvalue weighted by molar-refractivity contribution is 0.396. The van der Waals surface area contributed by atoms with Crippen LogP contribution < -0.4 is 0 Å². The maximum Gasteiger partial charge on any atom is 0.217 e. The van der Waals surface area contributed by atoms with Gasteiger partial charge >= 0.3 is 0 Å². The van der Waals surface area contributed by atoms with Crippen molar-refractivity contribution in [3.63, 3.8) is 0 Å². The lowest BCUT2D eigenvalue weighted by Gasteiger charge is -2.22. The van der Waals surface area contributed by atoms with Crippen LogP contribution in [0.2, 0.25) is 0 Å². The Kier molecular flexibility index (Phi) is 3.62. The van der Waals surface area contributed by atoms with Crippen LogP contribution in [-0.4, -0.2) is 33.0 Å². The molecule has 1 aromatic carbocycles. The molecule has 1 aliphatic rings. The lowest BCUT2D eigenvalue weighted by Crippen LogP contribution is -2.35. The molecule has 21 heavy (non-hydrogen) atoms. The molecule has 3 rings (SSSR count). The van der Waals surface area contributed by atoms with E-state index in [1.807, 2.05) is 18.2 Å². The number of benzene rings is 1. The SMILES string of the molecule is CC(C)S(=O)(=O)N1Cc2ccc(Br)cc2-n2nncc2C1. The van der Waals surface area contributed by atoms with Gasteiger partial charge in [-0.3, -0.25) is 0 Å². The Morgan fingerprint density at radius 1 is 1.29 bits per heavy atom. The van der Waals surface area contributed by atoms with Crippen molar-refractivity contribution >= 4 is 26.0 Å². The van der Waals surface area contributed by atoms with Gasteiger partial charge in [-0.05, 0) is 31.5 Å². The quantitative estimate of drug-likeness (QED) is 0.811. The van der Waals surface area contributed by atoms with Crippen LogP contribution in [-0.2, 0) is 23.1 Å². The van der Waals surface area contributed by atoms with Crippen molar-refractivity contribution in [2.24, 2.45) is 0 Å². The van der Waals surface area contributed by atoms with Crippen molar-refractivity contribution in [2.45, 2.75) is 32.2 Å². The second-order valence-corrected chi connectivity index (χ2v) is 8.68. The first kappa shape index (κ1) is 14.7. The maximum absolute atomic E-state index is 12.5. The first-order valence-corrected chi connectivity index (χ1v) is 8.86. The number of nitrogens with zero attached hydrogens (tertiary/aromatic N) is 4. The highest BCUT2D eigenvalue weighted by molar-refractivity contribution is 9.10. The number of hydrogen-bond acceptors (Lipinski definition) is 4. The van der Waals surface area contributed by atoms with E-state index < -0.39 is 15.3 Å². The molecule has 0 aliphatic carbocycles. The molecule has 6 nitrogen and oxygen atoms in total. The summed E-state index contributed by atoms with van der Waals surface area (Å²) in [6.45, 7) is 4.00. The summed E-state index contributed by atoms with van der Waals surface area (Å²) >= 11 is 3.44. The van der Waals surface area contributed by atoms with Gasteiger partial charge in [0.2, 0.25) is 10.0 Å². The molecule has 0 bridgehead atoms. The number of rotatable bonds is 2. The summed E-state index contributed by atoms with van der Waals surface area (Å²) in [7, 11) is -3.34. The molecular weight excluding hydrogens is 356 g/mol. The van der Waals surface area contributed by atoms with E-state index in [0.29, 0.717) is 6.54 Å². The first-order valence-electron chi connectivity index (χ1n) is 6.57. The number of fused-ring (bicyclic) bond motifs is 3. The molecular formula is C13H15BrN4O2S. The predicted molar refractivity (Wildman–Crippen MR) is 82.4 cm³/mol. The van der Waals surface area contributed by atoms with Crippen LogP contribution in [0.3, 0.4) is 0 Å². The molecule has 0 spiro atoms. The van der Waals surface area contributed by atoms with Gasteiger partial charge in [0.15, 0.2) is 0 Å². The van der Waals surface area contributed by atoms with Crippen molar-refractivity contribution in [3.05, 3.63) is 40.1 Å². The van der Waals surface area contributed by atoms with E-state index in [2.05, 4.69) is 26.2 Å². The summed E-state index contributed by atoms with van der Waals surface area (Å²) in [5, 5.41) is 7.54. The summed E-state index contributed by atoms with van der Waals surface area (Å²) in [5.41, 5.74) is 2.53. The van der Waals surface area contributed by atoms with Crippen LogP contribution in [0.1, 0.15) is 25.1 Å². The highest BCUT2D eigenvalue weighted by Crippen LogP contribution is 2.28. The van der Waals surface area contributed by atoms with Crippen LogP contribution in [0, 0.1) is 0 Å². The number of hydrogen-bond donors (Lipinski definition) is 0. The smallest absolute Gasteiger partial charge is 0.216 e. The monoisotopic (exact) mass is 370 g/mol. The zero-order chi connectivity index (χ0) is 15.2. The molecule has 0 atom stereocenters. The molecule has 8 heteroatoms. The molecule has 0 N–H and O–H groups in total. The minimum Gasteiger partial charge on any atom is -0.216 e. The Hall–Kier alpha value is -1.25. The van der Waals surface area contributed by atoms with E-state index >= 15 is 0 Å². The first-order chi connectivity index (χ1) is 9.89. The molecule has 1 aliphatic heterocycles. The Morgan fingerprint density at radius 3 is 2.76 bits per heavy atom. The minimum atomic E-state index is -3.34. The topological polar surface area (TPSA) is 68.1 Å². The average Bonchev–Trinajstić information content (AvgIpc) is 2.81. The van der Waals surface area contributed by atoms with Crippen LogP contribution in [0.25, 0.3) is 5.69 Å². The molecule has 0 saturated heterocycles. The Balaban J connectivity index is 2.17. The highest BCUT2D eigenvalue weighted by atomic mass is 79.9. The van der Waals surface area contributed by atoms with Crippen LogP contribution in [0.15, 0.2) is 28.9 Å². The number of sulfonamides is 1. The zero-order valence-corrected chi connectivity index (χ0v) is 14.1. The van der Waals surface area contributed by atoms with E-state index in [1.165, 1.54) is 4.31 Å². The van der Waals surface area contributed by atoms with Gasteiger partial charge in [0, 0.05) is 11.0 Å². The van der Waals surface area contributed by atoms with Crippen molar-refractivity contribution in [2.75, 3.05) is 0 Å². The third-order valence-corrected chi connectivity index (χ3v) is 6.20. The van der Waals surface area contributed by atoms with Crippen LogP contribution in [0.4, 0.5) is 0 Å². The second kappa shape index (κ2) is 5.19. The Morgan fingerprint density at radius 2 is 2.05 bits per heavy atom. The van der Waals surface area contributed by atoms with E-state index in [-0.39, 0.29) is 6.54 Å². The number of aromatic nitrogens is 3. The molecule has 0 radical (unpaired) electrons. The summed E-state index contributed by atoms with van der Waals surface area (Å²) in [5.74, 6) is 0. The van der Waals surface area contributed by atoms with Gasteiger partial charge in [-0.1, -0.05) is 27.2 Å². The third kappa shape index (κ3) is 2.51. The summed E-state index contributed by atoms with van der Waals surface area (Å²) < 4.78 is 29.1. The van der Waals surface area contributed by atoms with Crippen molar-refractivity contribution < 1.29 is 8.42 Å². The van der Waals surface area contributed by atoms with Gasteiger partial charge in [-0.15, -0.1) is 5.10 Å². The van der Waals surface area contributed by atoms with Crippen molar-refractivity contribution in [1.82, 2.24) is 19.3 Å². The van der Waals surface area contributed by atoms with Gasteiger partial charge in [0.1, 0.15) is 0 Å². The number of halogens is 1. The predicted octanol–water partition coefficient (Wildman–Crippen LogP) is 2.08. The van der Waals surface area contributed by atoms with Gasteiger partial charge < -0.3 is 0 Å². The summed E-state index contributed by atoms with van der Waals surface area (Å²) in [6.07, 6.45) is 1.61. The average molecular weight is 371 g/mol. The van der Waals surface area contributed by atoms with E-state index in [4.69, 9.17) is 0 Å². The van der Waals surface area contributed by atoms with Gasteiger partial charge in [0.25, 0.3) is 0 Å². The molecule has 0 fully saturated rings. The second-order valence-electron chi connectivity index (χ2n) is 5.27. The Labute approximate surface area is 131 Å². The zero-order valence-electron chi connectivity index (χ0n) is 11.7. The largest absolute Gasteiger partial charge is 0.217 e. The van der Waals surface area contributed by atoms with Crippen LogP contribution in [0.5, 0.6) is 0 Å². The van der Waals surface area contributed by atoms with Gasteiger partial charge in [-0.25, -0.2) is 13.1 Å². The molecule has 0 saturated carbocycles. The third-order valence-electron chi connectivity index (χ3n) is 3.54. The van der Waals surface area contributed by atoms with Gasteiger partial charge in [0.05, 0.1) is 29.4 Å². The molecule has 2 heterocycles. The van der Waals surface area contributed by atoms with Crippen LogP contribution >= 0.6 is 15.9 Å². The molecule has 2 aromatic rings. The fourth-order valence-corrected chi connectivity index (χ4v) is 3.92.